The Morgan fingerprint density at radius 3 is 2.76 bits per heavy atom. The highest BCUT2D eigenvalue weighted by Gasteiger charge is 2.24. The molecule has 1 aromatic carbocycles. The molecule has 0 unspecified atom stereocenters. The standard InChI is InChI=1S/C14H14FN3O2S/c1-3-10-12(21-7-17-10)14(20)18(2)11-8(13(16)19)5-4-6-9(11)15/h4-7H,3H2,1-2H3,(H2,16,19). The molecular formula is C14H14FN3O2S. The van der Waals surface area contributed by atoms with Gasteiger partial charge in [-0.05, 0) is 18.6 Å². The number of aryl methyl sites for hydroxylation is 1. The fourth-order valence-corrected chi connectivity index (χ4v) is 2.86. The number of rotatable bonds is 4. The fourth-order valence-electron chi connectivity index (χ4n) is 2.00. The molecule has 0 fully saturated rings. The lowest BCUT2D eigenvalue weighted by molar-refractivity contribution is 0.0994. The first-order valence-electron chi connectivity index (χ1n) is 6.26. The van der Waals surface area contributed by atoms with E-state index in [9.17, 15) is 14.0 Å². The van der Waals surface area contributed by atoms with Crippen LogP contribution in [0.15, 0.2) is 23.7 Å². The van der Waals surface area contributed by atoms with Gasteiger partial charge in [0.05, 0.1) is 22.5 Å². The monoisotopic (exact) mass is 307 g/mol. The first-order chi connectivity index (χ1) is 9.97. The number of anilines is 1. The first-order valence-corrected chi connectivity index (χ1v) is 7.14. The van der Waals surface area contributed by atoms with Gasteiger partial charge in [0.1, 0.15) is 10.7 Å². The SMILES string of the molecule is CCc1ncsc1C(=O)N(C)c1c(F)cccc1C(N)=O. The lowest BCUT2D eigenvalue weighted by atomic mass is 10.1. The number of nitrogens with two attached hydrogens (primary N) is 1. The maximum Gasteiger partial charge on any atom is 0.270 e. The highest BCUT2D eigenvalue weighted by Crippen LogP contribution is 2.26. The molecule has 0 aliphatic carbocycles. The molecule has 2 rings (SSSR count). The van der Waals surface area contributed by atoms with Crippen molar-refractivity contribution in [2.24, 2.45) is 5.73 Å². The van der Waals surface area contributed by atoms with Gasteiger partial charge in [0.25, 0.3) is 11.8 Å². The zero-order valence-corrected chi connectivity index (χ0v) is 12.4. The minimum absolute atomic E-state index is 0.0339. The van der Waals surface area contributed by atoms with Crippen molar-refractivity contribution in [1.82, 2.24) is 4.98 Å². The van der Waals surface area contributed by atoms with Gasteiger partial charge in [0.15, 0.2) is 0 Å². The fraction of sp³-hybridized carbons (Fsp3) is 0.214. The zero-order valence-electron chi connectivity index (χ0n) is 11.6. The molecule has 2 amide bonds. The highest BCUT2D eigenvalue weighted by atomic mass is 32.1. The van der Waals surface area contributed by atoms with Crippen LogP contribution in [0.4, 0.5) is 10.1 Å². The number of para-hydroxylation sites is 1. The highest BCUT2D eigenvalue weighted by molar-refractivity contribution is 7.12. The quantitative estimate of drug-likeness (QED) is 0.941. The summed E-state index contributed by atoms with van der Waals surface area (Å²) in [4.78, 5) is 29.5. The lowest BCUT2D eigenvalue weighted by Gasteiger charge is -2.20. The average molecular weight is 307 g/mol. The average Bonchev–Trinajstić information content (AvgIpc) is 2.93. The summed E-state index contributed by atoms with van der Waals surface area (Å²) in [5.41, 5.74) is 7.30. The third kappa shape index (κ3) is 2.78. The summed E-state index contributed by atoms with van der Waals surface area (Å²) in [5, 5.41) is 0. The molecule has 0 saturated heterocycles. The lowest BCUT2D eigenvalue weighted by Crippen LogP contribution is -2.30. The van der Waals surface area contributed by atoms with Gasteiger partial charge in [-0.3, -0.25) is 9.59 Å². The third-order valence-electron chi connectivity index (χ3n) is 3.06. The van der Waals surface area contributed by atoms with Crippen molar-refractivity contribution in [3.8, 4) is 0 Å². The van der Waals surface area contributed by atoms with E-state index < -0.39 is 17.6 Å². The number of carbonyl (C=O) groups excluding carboxylic acids is 2. The number of primary amides is 1. The number of halogens is 1. The number of thiazole rings is 1. The Balaban J connectivity index is 2.48. The maximum absolute atomic E-state index is 14.0. The number of hydrogen-bond donors (Lipinski definition) is 1. The zero-order chi connectivity index (χ0) is 15.6. The number of hydrogen-bond acceptors (Lipinski definition) is 4. The van der Waals surface area contributed by atoms with Gasteiger partial charge < -0.3 is 10.6 Å². The smallest absolute Gasteiger partial charge is 0.270 e. The van der Waals surface area contributed by atoms with Crippen LogP contribution in [0, 0.1) is 5.82 Å². The minimum atomic E-state index is -0.788. The van der Waals surface area contributed by atoms with Crippen LogP contribution < -0.4 is 10.6 Å². The Kier molecular flexibility index (Phi) is 4.32. The Labute approximate surface area is 125 Å². The second-order valence-corrected chi connectivity index (χ2v) is 5.20. The molecular weight excluding hydrogens is 293 g/mol. The van der Waals surface area contributed by atoms with E-state index in [1.165, 1.54) is 36.6 Å². The van der Waals surface area contributed by atoms with E-state index in [1.54, 1.807) is 5.51 Å². The van der Waals surface area contributed by atoms with Crippen molar-refractivity contribution in [2.45, 2.75) is 13.3 Å². The molecule has 5 nitrogen and oxygen atoms in total. The van der Waals surface area contributed by atoms with Crippen molar-refractivity contribution in [2.75, 3.05) is 11.9 Å². The summed E-state index contributed by atoms with van der Waals surface area (Å²) in [7, 11) is 1.41. The van der Waals surface area contributed by atoms with Gasteiger partial charge in [-0.25, -0.2) is 9.37 Å². The third-order valence-corrected chi connectivity index (χ3v) is 3.92. The van der Waals surface area contributed by atoms with E-state index in [1.807, 2.05) is 6.92 Å². The Bertz CT molecular complexity index is 699. The molecule has 1 aromatic heterocycles. The predicted octanol–water partition coefficient (Wildman–Crippen LogP) is 2.22. The first kappa shape index (κ1) is 15.1. The number of aromatic nitrogens is 1. The van der Waals surface area contributed by atoms with Gasteiger partial charge in [-0.1, -0.05) is 13.0 Å². The van der Waals surface area contributed by atoms with Crippen LogP contribution in [-0.4, -0.2) is 23.8 Å². The van der Waals surface area contributed by atoms with Crippen molar-refractivity contribution in [1.29, 1.82) is 0 Å². The van der Waals surface area contributed by atoms with Gasteiger partial charge in [0.2, 0.25) is 0 Å². The van der Waals surface area contributed by atoms with Crippen molar-refractivity contribution >= 4 is 28.8 Å². The molecule has 110 valence electrons. The van der Waals surface area contributed by atoms with Crippen LogP contribution in [0.2, 0.25) is 0 Å². The predicted molar refractivity (Wildman–Crippen MR) is 79.1 cm³/mol. The molecule has 0 saturated carbocycles. The molecule has 0 bridgehead atoms. The van der Waals surface area contributed by atoms with E-state index in [2.05, 4.69) is 4.98 Å². The summed E-state index contributed by atoms with van der Waals surface area (Å²) in [6.45, 7) is 1.88. The molecule has 0 atom stereocenters. The molecule has 0 spiro atoms. The molecule has 1 heterocycles. The summed E-state index contributed by atoms with van der Waals surface area (Å²) >= 11 is 1.18. The molecule has 0 aliphatic heterocycles. The van der Waals surface area contributed by atoms with Gasteiger partial charge in [0, 0.05) is 7.05 Å². The summed E-state index contributed by atoms with van der Waals surface area (Å²) in [5.74, 6) is -1.88. The second kappa shape index (κ2) is 6.01. The van der Waals surface area contributed by atoms with Crippen molar-refractivity contribution < 1.29 is 14.0 Å². The van der Waals surface area contributed by atoms with Crippen LogP contribution in [-0.2, 0) is 6.42 Å². The van der Waals surface area contributed by atoms with Crippen LogP contribution in [0.3, 0.4) is 0 Å². The normalized spacial score (nSPS) is 10.4. The largest absolute Gasteiger partial charge is 0.366 e. The van der Waals surface area contributed by atoms with Crippen LogP contribution in [0.25, 0.3) is 0 Å². The summed E-state index contributed by atoms with van der Waals surface area (Å²) in [6, 6.07) is 3.94. The van der Waals surface area contributed by atoms with Crippen LogP contribution in [0.5, 0.6) is 0 Å². The topological polar surface area (TPSA) is 76.3 Å². The minimum Gasteiger partial charge on any atom is -0.366 e. The van der Waals surface area contributed by atoms with Gasteiger partial charge in [-0.2, -0.15) is 0 Å². The second-order valence-electron chi connectivity index (χ2n) is 4.35. The van der Waals surface area contributed by atoms with Crippen molar-refractivity contribution in [3.05, 3.63) is 45.7 Å². The van der Waals surface area contributed by atoms with E-state index in [0.29, 0.717) is 17.0 Å². The molecule has 0 radical (unpaired) electrons. The van der Waals surface area contributed by atoms with Gasteiger partial charge >= 0.3 is 0 Å². The number of amides is 2. The molecule has 2 aromatic rings. The molecule has 21 heavy (non-hydrogen) atoms. The molecule has 2 N–H and O–H groups in total. The van der Waals surface area contributed by atoms with E-state index in [-0.39, 0.29) is 11.3 Å². The van der Waals surface area contributed by atoms with E-state index >= 15 is 0 Å². The van der Waals surface area contributed by atoms with Crippen LogP contribution >= 0.6 is 11.3 Å². The van der Waals surface area contributed by atoms with Crippen molar-refractivity contribution in [3.63, 3.8) is 0 Å². The molecule has 7 heteroatoms. The number of benzene rings is 1. The number of carbonyl (C=O) groups is 2. The van der Waals surface area contributed by atoms with E-state index in [0.717, 1.165) is 4.90 Å². The Morgan fingerprint density at radius 1 is 1.43 bits per heavy atom. The maximum atomic E-state index is 14.0. The van der Waals surface area contributed by atoms with Gasteiger partial charge in [-0.15, -0.1) is 11.3 Å². The van der Waals surface area contributed by atoms with Crippen LogP contribution in [0.1, 0.15) is 32.6 Å². The number of nitrogens with zero attached hydrogens (tertiary/aromatic N) is 2. The van der Waals surface area contributed by atoms with E-state index in [4.69, 9.17) is 5.73 Å². The molecule has 0 aliphatic rings. The summed E-state index contributed by atoms with van der Waals surface area (Å²) < 4.78 is 14.0. The Morgan fingerprint density at radius 2 is 2.14 bits per heavy atom. The summed E-state index contributed by atoms with van der Waals surface area (Å²) in [6.07, 6.45) is 0.596. The Hall–Kier alpha value is -2.28.